The van der Waals surface area contributed by atoms with Crippen molar-refractivity contribution in [3.63, 3.8) is 0 Å². The molecule has 3 N–H and O–H groups in total. The van der Waals surface area contributed by atoms with Crippen LogP contribution in [0.15, 0.2) is 53.6 Å². The number of imidazole rings is 2. The van der Waals surface area contributed by atoms with Gasteiger partial charge in [0.2, 0.25) is 0 Å². The van der Waals surface area contributed by atoms with Crippen molar-refractivity contribution in [2.45, 2.75) is 6.92 Å². The molecule has 122 valence electrons. The number of hydrogen-bond donors (Lipinski definition) is 3. The van der Waals surface area contributed by atoms with Gasteiger partial charge in [-0.15, -0.1) is 0 Å². The Balaban J connectivity index is 1.73. The molecular formula is C18H14N6O. The van der Waals surface area contributed by atoms with E-state index in [0.29, 0.717) is 0 Å². The Labute approximate surface area is 141 Å². The van der Waals surface area contributed by atoms with Crippen LogP contribution in [0.4, 0.5) is 0 Å². The number of H-pyrrole nitrogens is 3. The Bertz CT molecular complexity index is 1220. The third kappa shape index (κ3) is 2.09. The van der Waals surface area contributed by atoms with E-state index in [0.717, 1.165) is 45.0 Å². The van der Waals surface area contributed by atoms with Gasteiger partial charge in [-0.25, -0.2) is 9.78 Å². The van der Waals surface area contributed by atoms with E-state index < -0.39 is 0 Å². The fourth-order valence-electron chi connectivity index (χ4n) is 3.21. The second kappa shape index (κ2) is 4.94. The third-order valence-corrected chi connectivity index (χ3v) is 4.34. The molecule has 5 aromatic rings. The molecule has 0 atom stereocenters. The molecule has 0 aliphatic heterocycles. The van der Waals surface area contributed by atoms with Gasteiger partial charge in [-0.3, -0.25) is 4.98 Å². The van der Waals surface area contributed by atoms with Crippen LogP contribution in [0.2, 0.25) is 0 Å². The quantitative estimate of drug-likeness (QED) is 0.464. The standard InChI is InChI=1S/C18H14N6O/c1-10-4-5-16(24(10)11-3-2-6-19-9-11)17-20-12-7-14-15(8-13(12)21-17)23-18(25)22-14/h2-9H,1H3,(H,20,21)(H2,22,23,25). The number of fused-ring (bicyclic) bond motifs is 2. The van der Waals surface area contributed by atoms with Gasteiger partial charge < -0.3 is 19.5 Å². The third-order valence-electron chi connectivity index (χ3n) is 4.34. The Morgan fingerprint density at radius 3 is 2.64 bits per heavy atom. The molecule has 0 amide bonds. The van der Waals surface area contributed by atoms with E-state index in [2.05, 4.69) is 30.6 Å². The van der Waals surface area contributed by atoms with Crippen molar-refractivity contribution < 1.29 is 0 Å². The number of pyridine rings is 1. The van der Waals surface area contributed by atoms with E-state index in [1.54, 1.807) is 6.20 Å². The van der Waals surface area contributed by atoms with Crippen LogP contribution in [0.3, 0.4) is 0 Å². The molecular weight excluding hydrogens is 316 g/mol. The summed E-state index contributed by atoms with van der Waals surface area (Å²) < 4.78 is 2.11. The summed E-state index contributed by atoms with van der Waals surface area (Å²) in [7, 11) is 0. The Kier molecular flexibility index (Phi) is 2.73. The number of aromatic amines is 3. The maximum atomic E-state index is 11.4. The Morgan fingerprint density at radius 2 is 1.84 bits per heavy atom. The zero-order valence-corrected chi connectivity index (χ0v) is 13.4. The largest absolute Gasteiger partial charge is 0.337 e. The number of benzene rings is 1. The highest BCUT2D eigenvalue weighted by Gasteiger charge is 2.14. The molecule has 0 aliphatic carbocycles. The molecule has 4 aromatic heterocycles. The van der Waals surface area contributed by atoms with Crippen molar-refractivity contribution >= 4 is 22.1 Å². The molecule has 0 unspecified atom stereocenters. The van der Waals surface area contributed by atoms with Crippen molar-refractivity contribution in [1.29, 1.82) is 0 Å². The number of aromatic nitrogens is 6. The van der Waals surface area contributed by atoms with Gasteiger partial charge in [0.1, 0.15) is 0 Å². The highest BCUT2D eigenvalue weighted by molar-refractivity contribution is 5.92. The van der Waals surface area contributed by atoms with Crippen molar-refractivity contribution in [2.24, 2.45) is 0 Å². The van der Waals surface area contributed by atoms with Gasteiger partial charge in [-0.05, 0) is 43.3 Å². The van der Waals surface area contributed by atoms with E-state index in [-0.39, 0.29) is 5.69 Å². The summed E-state index contributed by atoms with van der Waals surface area (Å²) in [6.07, 6.45) is 3.58. The van der Waals surface area contributed by atoms with Gasteiger partial charge >= 0.3 is 5.69 Å². The molecule has 7 heteroatoms. The van der Waals surface area contributed by atoms with E-state index in [9.17, 15) is 4.79 Å². The summed E-state index contributed by atoms with van der Waals surface area (Å²) in [6.45, 7) is 2.05. The number of aryl methyl sites for hydroxylation is 1. The lowest BCUT2D eigenvalue weighted by molar-refractivity contribution is 0.997. The first-order valence-electron chi connectivity index (χ1n) is 7.90. The van der Waals surface area contributed by atoms with Crippen molar-refractivity contribution in [3.05, 3.63) is 65.0 Å². The summed E-state index contributed by atoms with van der Waals surface area (Å²) >= 11 is 0. The predicted octanol–water partition coefficient (Wildman–Crippen LogP) is 2.89. The average molecular weight is 330 g/mol. The minimum absolute atomic E-state index is 0.219. The van der Waals surface area contributed by atoms with E-state index in [1.807, 2.05) is 43.5 Å². The summed E-state index contributed by atoms with van der Waals surface area (Å²) in [5.74, 6) is 0.766. The molecule has 4 heterocycles. The monoisotopic (exact) mass is 330 g/mol. The highest BCUT2D eigenvalue weighted by Crippen LogP contribution is 2.27. The number of nitrogens with zero attached hydrogens (tertiary/aromatic N) is 3. The normalized spacial score (nSPS) is 11.6. The maximum Gasteiger partial charge on any atom is 0.323 e. The fraction of sp³-hybridized carbons (Fsp3) is 0.0556. The number of hydrogen-bond acceptors (Lipinski definition) is 3. The fourth-order valence-corrected chi connectivity index (χ4v) is 3.21. The van der Waals surface area contributed by atoms with Crippen LogP contribution in [0.25, 0.3) is 39.3 Å². The molecule has 7 nitrogen and oxygen atoms in total. The van der Waals surface area contributed by atoms with Crippen LogP contribution >= 0.6 is 0 Å². The molecule has 5 rings (SSSR count). The average Bonchev–Trinajstić information content (AvgIpc) is 3.28. The smallest absolute Gasteiger partial charge is 0.323 e. The van der Waals surface area contributed by atoms with Gasteiger partial charge in [0.15, 0.2) is 5.82 Å². The van der Waals surface area contributed by atoms with Crippen LogP contribution in [-0.2, 0) is 0 Å². The van der Waals surface area contributed by atoms with Gasteiger partial charge in [-0.1, -0.05) is 0 Å². The van der Waals surface area contributed by atoms with E-state index in [1.165, 1.54) is 0 Å². The van der Waals surface area contributed by atoms with E-state index in [4.69, 9.17) is 4.98 Å². The molecule has 0 saturated heterocycles. The van der Waals surface area contributed by atoms with Crippen LogP contribution in [0, 0.1) is 6.92 Å². The minimum Gasteiger partial charge on any atom is -0.337 e. The summed E-state index contributed by atoms with van der Waals surface area (Å²) in [4.78, 5) is 29.2. The Hall–Kier alpha value is -3.61. The SMILES string of the molecule is Cc1ccc(-c2nc3cc4[nH]c(=O)[nH]c4cc3[nH]2)n1-c1cccnc1. The summed E-state index contributed by atoms with van der Waals surface area (Å²) in [6, 6.07) is 11.8. The first-order chi connectivity index (χ1) is 12.2. The van der Waals surface area contributed by atoms with Crippen molar-refractivity contribution in [3.8, 4) is 17.2 Å². The van der Waals surface area contributed by atoms with Crippen LogP contribution in [0.1, 0.15) is 5.69 Å². The molecule has 0 fully saturated rings. The second-order valence-corrected chi connectivity index (χ2v) is 5.99. The Morgan fingerprint density at radius 1 is 1.00 bits per heavy atom. The van der Waals surface area contributed by atoms with Crippen molar-refractivity contribution in [2.75, 3.05) is 0 Å². The van der Waals surface area contributed by atoms with E-state index >= 15 is 0 Å². The molecule has 0 radical (unpaired) electrons. The predicted molar refractivity (Wildman–Crippen MR) is 95.9 cm³/mol. The zero-order chi connectivity index (χ0) is 17.0. The van der Waals surface area contributed by atoms with Crippen LogP contribution in [-0.4, -0.2) is 29.5 Å². The second-order valence-electron chi connectivity index (χ2n) is 5.99. The lowest BCUT2D eigenvalue weighted by atomic mass is 10.3. The molecule has 0 saturated carbocycles. The number of nitrogens with one attached hydrogen (secondary N) is 3. The highest BCUT2D eigenvalue weighted by atomic mass is 16.1. The lowest BCUT2D eigenvalue weighted by Gasteiger charge is -2.09. The first-order valence-corrected chi connectivity index (χ1v) is 7.90. The van der Waals surface area contributed by atoms with Gasteiger partial charge in [0, 0.05) is 11.9 Å². The van der Waals surface area contributed by atoms with Gasteiger partial charge in [0.05, 0.1) is 39.6 Å². The molecule has 1 aromatic carbocycles. The summed E-state index contributed by atoms with van der Waals surface area (Å²) in [5, 5.41) is 0. The van der Waals surface area contributed by atoms with Crippen LogP contribution < -0.4 is 5.69 Å². The summed E-state index contributed by atoms with van der Waals surface area (Å²) in [5.41, 5.74) is 5.99. The first kappa shape index (κ1) is 13.8. The molecule has 0 aliphatic rings. The molecule has 0 bridgehead atoms. The molecule has 0 spiro atoms. The van der Waals surface area contributed by atoms with Crippen molar-refractivity contribution in [1.82, 2.24) is 29.5 Å². The van der Waals surface area contributed by atoms with Gasteiger partial charge in [-0.2, -0.15) is 0 Å². The minimum atomic E-state index is -0.219. The van der Waals surface area contributed by atoms with Crippen LogP contribution in [0.5, 0.6) is 0 Å². The maximum absolute atomic E-state index is 11.4. The van der Waals surface area contributed by atoms with Gasteiger partial charge in [0.25, 0.3) is 0 Å². The molecule has 25 heavy (non-hydrogen) atoms. The topological polar surface area (TPSA) is 95.1 Å². The lowest BCUT2D eigenvalue weighted by Crippen LogP contribution is -2.00. The number of rotatable bonds is 2. The zero-order valence-electron chi connectivity index (χ0n) is 13.4.